The molecule has 12 heavy (non-hydrogen) atoms. The van der Waals surface area contributed by atoms with Crippen LogP contribution in [0.4, 0.5) is 0 Å². The van der Waals surface area contributed by atoms with Gasteiger partial charge in [0.15, 0.2) is 0 Å². The Morgan fingerprint density at radius 3 is 2.50 bits per heavy atom. The molecule has 0 fully saturated rings. The van der Waals surface area contributed by atoms with Gasteiger partial charge in [-0.1, -0.05) is 0 Å². The van der Waals surface area contributed by atoms with Gasteiger partial charge in [-0.2, -0.15) is 0 Å². The van der Waals surface area contributed by atoms with Crippen molar-refractivity contribution in [1.29, 1.82) is 0 Å². The summed E-state index contributed by atoms with van der Waals surface area (Å²) in [6, 6.07) is 0. The third kappa shape index (κ3) is 1.55. The van der Waals surface area contributed by atoms with E-state index in [9.17, 15) is 9.59 Å². The molecule has 1 heterocycles. The fourth-order valence-electron chi connectivity index (χ4n) is 0.982. The molecule has 0 saturated heterocycles. The Bertz CT molecular complexity index is 337. The highest BCUT2D eigenvalue weighted by Crippen LogP contribution is 1.83. The van der Waals surface area contributed by atoms with E-state index in [2.05, 4.69) is 0 Å². The first-order valence-corrected chi connectivity index (χ1v) is 3.69. The monoisotopic (exact) mass is 169 g/mol. The van der Waals surface area contributed by atoms with Crippen LogP contribution >= 0.6 is 0 Å². The maximum Gasteiger partial charge on any atom is 0.328 e. The predicted molar refractivity (Wildman–Crippen MR) is 43.6 cm³/mol. The van der Waals surface area contributed by atoms with E-state index in [0.29, 0.717) is 6.54 Å². The largest absolute Gasteiger partial charge is 0.368 e. The molecule has 0 aromatic carbocycles. The second-order valence-corrected chi connectivity index (χ2v) is 2.46. The van der Waals surface area contributed by atoms with Crippen LogP contribution in [-0.4, -0.2) is 15.0 Å². The van der Waals surface area contributed by atoms with Crippen molar-refractivity contribution in [2.75, 3.05) is 0 Å². The summed E-state index contributed by atoms with van der Waals surface area (Å²) in [5.41, 5.74) is 4.74. The number of aromatic nitrogens is 2. The molecular formula is C7H11N3O2. The lowest BCUT2D eigenvalue weighted by molar-refractivity contribution is -0.118. The van der Waals surface area contributed by atoms with E-state index in [-0.39, 0.29) is 12.2 Å². The third-order valence-electron chi connectivity index (χ3n) is 1.58. The lowest BCUT2D eigenvalue weighted by Gasteiger charge is -1.95. The zero-order valence-corrected chi connectivity index (χ0v) is 6.86. The van der Waals surface area contributed by atoms with E-state index in [1.165, 1.54) is 9.13 Å². The van der Waals surface area contributed by atoms with E-state index >= 15 is 0 Å². The third-order valence-corrected chi connectivity index (χ3v) is 1.58. The Kier molecular flexibility index (Phi) is 2.32. The number of carbonyl (C=O) groups excluding carboxylic acids is 1. The molecule has 0 atom stereocenters. The maximum absolute atomic E-state index is 11.3. The highest BCUT2D eigenvalue weighted by Gasteiger charge is 2.02. The van der Waals surface area contributed by atoms with Crippen LogP contribution in [0.2, 0.25) is 0 Å². The van der Waals surface area contributed by atoms with Gasteiger partial charge in [0.2, 0.25) is 5.91 Å². The van der Waals surface area contributed by atoms with Crippen LogP contribution in [0.3, 0.4) is 0 Å². The van der Waals surface area contributed by atoms with Crippen molar-refractivity contribution in [3.63, 3.8) is 0 Å². The number of amides is 1. The van der Waals surface area contributed by atoms with Crippen molar-refractivity contribution in [3.8, 4) is 0 Å². The van der Waals surface area contributed by atoms with Gasteiger partial charge in [-0.15, -0.1) is 0 Å². The fraction of sp³-hybridized carbons (Fsp3) is 0.429. The number of aryl methyl sites for hydroxylation is 1. The van der Waals surface area contributed by atoms with Crippen LogP contribution in [0.1, 0.15) is 6.92 Å². The number of nitrogens with two attached hydrogens (primary N) is 1. The zero-order valence-electron chi connectivity index (χ0n) is 6.86. The second-order valence-electron chi connectivity index (χ2n) is 2.46. The summed E-state index contributed by atoms with van der Waals surface area (Å²) in [5.74, 6) is -0.508. The minimum Gasteiger partial charge on any atom is -0.368 e. The topological polar surface area (TPSA) is 70.0 Å². The number of hydrogen-bond acceptors (Lipinski definition) is 2. The van der Waals surface area contributed by atoms with Gasteiger partial charge in [-0.25, -0.2) is 4.79 Å². The van der Waals surface area contributed by atoms with Crippen LogP contribution in [0.5, 0.6) is 0 Å². The van der Waals surface area contributed by atoms with E-state index in [1.807, 2.05) is 6.92 Å². The molecule has 1 aromatic heterocycles. The Labute approximate surface area is 69.4 Å². The molecular weight excluding hydrogens is 158 g/mol. The average molecular weight is 169 g/mol. The van der Waals surface area contributed by atoms with E-state index in [4.69, 9.17) is 5.73 Å². The minimum atomic E-state index is -0.508. The smallest absolute Gasteiger partial charge is 0.328 e. The van der Waals surface area contributed by atoms with Crippen LogP contribution in [-0.2, 0) is 17.9 Å². The summed E-state index contributed by atoms with van der Waals surface area (Å²) < 4.78 is 2.79. The molecule has 1 amide bonds. The second kappa shape index (κ2) is 3.25. The fourth-order valence-corrected chi connectivity index (χ4v) is 0.982. The highest BCUT2D eigenvalue weighted by molar-refractivity contribution is 5.73. The number of rotatable bonds is 3. The van der Waals surface area contributed by atoms with Crippen molar-refractivity contribution < 1.29 is 4.79 Å². The van der Waals surface area contributed by atoms with Gasteiger partial charge in [-0.05, 0) is 6.92 Å². The molecule has 1 rings (SSSR count). The van der Waals surface area contributed by atoms with E-state index in [0.717, 1.165) is 0 Å². The van der Waals surface area contributed by atoms with Crippen molar-refractivity contribution in [2.45, 2.75) is 20.0 Å². The summed E-state index contributed by atoms with van der Waals surface area (Å²) >= 11 is 0. The standard InChI is InChI=1S/C7H11N3O2/c1-2-9-3-4-10(7(9)12)5-6(8)11/h3-4H,2,5H2,1H3,(H2,8,11). The Morgan fingerprint density at radius 1 is 1.50 bits per heavy atom. The summed E-state index contributed by atoms with van der Waals surface area (Å²) in [6.45, 7) is 2.41. The van der Waals surface area contributed by atoms with Crippen LogP contribution in [0.25, 0.3) is 0 Å². The van der Waals surface area contributed by atoms with E-state index < -0.39 is 5.91 Å². The molecule has 0 radical (unpaired) electrons. The Morgan fingerprint density at radius 2 is 2.08 bits per heavy atom. The summed E-state index contributed by atoms with van der Waals surface area (Å²) in [5, 5.41) is 0. The van der Waals surface area contributed by atoms with Gasteiger partial charge < -0.3 is 5.73 Å². The normalized spacial score (nSPS) is 10.1. The summed E-state index contributed by atoms with van der Waals surface area (Å²) in [7, 11) is 0. The van der Waals surface area contributed by atoms with Crippen molar-refractivity contribution in [2.24, 2.45) is 5.73 Å². The molecule has 1 aromatic rings. The van der Waals surface area contributed by atoms with Gasteiger partial charge in [0.25, 0.3) is 0 Å². The molecule has 5 nitrogen and oxygen atoms in total. The number of primary amides is 1. The quantitative estimate of drug-likeness (QED) is 0.640. The summed E-state index contributed by atoms with van der Waals surface area (Å²) in [6.07, 6.45) is 3.18. The van der Waals surface area contributed by atoms with Crippen molar-refractivity contribution in [1.82, 2.24) is 9.13 Å². The first-order valence-electron chi connectivity index (χ1n) is 3.69. The molecule has 0 bridgehead atoms. The molecule has 0 unspecified atom stereocenters. The number of hydrogen-bond donors (Lipinski definition) is 1. The lowest BCUT2D eigenvalue weighted by Crippen LogP contribution is -2.29. The Balaban J connectivity index is 2.95. The zero-order chi connectivity index (χ0) is 9.14. The first kappa shape index (κ1) is 8.58. The number of imidazole rings is 1. The van der Waals surface area contributed by atoms with Gasteiger partial charge in [0, 0.05) is 18.9 Å². The van der Waals surface area contributed by atoms with Crippen LogP contribution in [0.15, 0.2) is 17.2 Å². The van der Waals surface area contributed by atoms with Crippen LogP contribution in [0, 0.1) is 0 Å². The lowest BCUT2D eigenvalue weighted by atomic mass is 10.6. The van der Waals surface area contributed by atoms with Crippen molar-refractivity contribution in [3.05, 3.63) is 22.9 Å². The predicted octanol–water partition coefficient (Wildman–Crippen LogP) is -0.845. The molecule has 5 heteroatoms. The van der Waals surface area contributed by atoms with Gasteiger partial charge in [0.1, 0.15) is 6.54 Å². The molecule has 0 spiro atoms. The van der Waals surface area contributed by atoms with Gasteiger partial charge in [-0.3, -0.25) is 13.9 Å². The first-order chi connectivity index (χ1) is 5.65. The maximum atomic E-state index is 11.3. The minimum absolute atomic E-state index is 0.0498. The molecule has 66 valence electrons. The average Bonchev–Trinajstić information content (AvgIpc) is 2.32. The van der Waals surface area contributed by atoms with Crippen LogP contribution < -0.4 is 11.4 Å². The molecule has 0 aliphatic heterocycles. The van der Waals surface area contributed by atoms with Gasteiger partial charge in [0.05, 0.1) is 0 Å². The summed E-state index contributed by atoms with van der Waals surface area (Å²) in [4.78, 5) is 21.7. The molecule has 0 aliphatic rings. The SMILES string of the molecule is CCn1ccn(CC(N)=O)c1=O. The Hall–Kier alpha value is -1.52. The van der Waals surface area contributed by atoms with E-state index in [1.54, 1.807) is 12.4 Å². The van der Waals surface area contributed by atoms with Crippen molar-refractivity contribution >= 4 is 5.91 Å². The molecule has 0 aliphatic carbocycles. The highest BCUT2D eigenvalue weighted by atomic mass is 16.2. The molecule has 0 saturated carbocycles. The van der Waals surface area contributed by atoms with Gasteiger partial charge >= 0.3 is 5.69 Å². The molecule has 2 N–H and O–H groups in total. The number of nitrogens with zero attached hydrogens (tertiary/aromatic N) is 2. The number of carbonyl (C=O) groups is 1.